The fourth-order valence-electron chi connectivity index (χ4n) is 3.91. The molecule has 0 saturated heterocycles. The Hall–Kier alpha value is -0.870. The number of hydrogen-bond donors (Lipinski definition) is 1. The number of benzene rings is 1. The van der Waals surface area contributed by atoms with Crippen LogP contribution in [0.2, 0.25) is 0 Å². The molecule has 2 N–H and O–H groups in total. The average Bonchev–Trinajstić information content (AvgIpc) is 2.73. The molecule has 0 radical (unpaired) electrons. The predicted molar refractivity (Wildman–Crippen MR) is 75.8 cm³/mol. The standard InChI is InChI=1S/C15H21NO2S/c16-11-15(8-4-1-5-9-15)13-10-19(17,18)14-7-3-2-6-12(13)14/h2-3,6-7,13H,1,4-5,8-11,16H2. The molecule has 1 fully saturated rings. The molecule has 1 aromatic rings. The largest absolute Gasteiger partial charge is 0.330 e. The Morgan fingerprint density at radius 2 is 1.84 bits per heavy atom. The van der Waals surface area contributed by atoms with E-state index >= 15 is 0 Å². The summed E-state index contributed by atoms with van der Waals surface area (Å²) in [7, 11) is -3.11. The molecule has 0 amide bonds. The second-order valence-corrected chi connectivity index (χ2v) is 8.00. The first-order valence-electron chi connectivity index (χ1n) is 7.11. The lowest BCUT2D eigenvalue weighted by atomic mass is 9.64. The summed E-state index contributed by atoms with van der Waals surface area (Å²) in [6.45, 7) is 0.599. The lowest BCUT2D eigenvalue weighted by Gasteiger charge is -2.41. The van der Waals surface area contributed by atoms with Gasteiger partial charge in [0, 0.05) is 5.92 Å². The molecule has 1 aromatic carbocycles. The van der Waals surface area contributed by atoms with Gasteiger partial charge in [-0.15, -0.1) is 0 Å². The van der Waals surface area contributed by atoms with E-state index in [-0.39, 0.29) is 17.1 Å². The summed E-state index contributed by atoms with van der Waals surface area (Å²) in [5.74, 6) is 0.350. The summed E-state index contributed by atoms with van der Waals surface area (Å²) in [6, 6.07) is 7.49. The molecule has 4 heteroatoms. The molecule has 0 aromatic heterocycles. The van der Waals surface area contributed by atoms with E-state index in [1.807, 2.05) is 18.2 Å². The van der Waals surface area contributed by atoms with Crippen LogP contribution in [-0.2, 0) is 9.84 Å². The van der Waals surface area contributed by atoms with Crippen LogP contribution in [0.15, 0.2) is 29.2 Å². The Morgan fingerprint density at radius 1 is 1.16 bits per heavy atom. The van der Waals surface area contributed by atoms with Crippen molar-refractivity contribution in [1.29, 1.82) is 0 Å². The van der Waals surface area contributed by atoms with Crippen LogP contribution in [0.4, 0.5) is 0 Å². The minimum absolute atomic E-state index is 0.00206. The lowest BCUT2D eigenvalue weighted by Crippen LogP contribution is -2.39. The van der Waals surface area contributed by atoms with Crippen LogP contribution in [0, 0.1) is 5.41 Å². The third kappa shape index (κ3) is 2.01. The Bertz CT molecular complexity index is 574. The molecular formula is C15H21NO2S. The maximum Gasteiger partial charge on any atom is 0.179 e. The maximum absolute atomic E-state index is 12.3. The SMILES string of the molecule is NCC1(C2CS(=O)(=O)c3ccccc32)CCCCC1. The third-order valence-electron chi connectivity index (χ3n) is 5.01. The molecule has 19 heavy (non-hydrogen) atoms. The second-order valence-electron chi connectivity index (χ2n) is 6.00. The van der Waals surface area contributed by atoms with Gasteiger partial charge in [0.1, 0.15) is 0 Å². The van der Waals surface area contributed by atoms with Crippen LogP contribution in [0.25, 0.3) is 0 Å². The van der Waals surface area contributed by atoms with Gasteiger partial charge < -0.3 is 5.73 Å². The first kappa shape index (κ1) is 13.1. The summed E-state index contributed by atoms with van der Waals surface area (Å²) in [5, 5.41) is 0. The number of fused-ring (bicyclic) bond motifs is 1. The highest BCUT2D eigenvalue weighted by Crippen LogP contribution is 2.51. The van der Waals surface area contributed by atoms with E-state index in [0.717, 1.165) is 18.4 Å². The summed E-state index contributed by atoms with van der Waals surface area (Å²) in [6.07, 6.45) is 5.74. The van der Waals surface area contributed by atoms with Gasteiger partial charge in [-0.1, -0.05) is 37.5 Å². The molecular weight excluding hydrogens is 258 g/mol. The fourth-order valence-corrected chi connectivity index (χ4v) is 5.91. The van der Waals surface area contributed by atoms with Crippen LogP contribution < -0.4 is 5.73 Å². The minimum Gasteiger partial charge on any atom is -0.330 e. The molecule has 104 valence electrons. The molecule has 0 spiro atoms. The third-order valence-corrected chi connectivity index (χ3v) is 6.82. The van der Waals surface area contributed by atoms with Gasteiger partial charge in [0.15, 0.2) is 9.84 Å². The van der Waals surface area contributed by atoms with Gasteiger partial charge in [0.25, 0.3) is 0 Å². The predicted octanol–water partition coefficient (Wildman–Crippen LogP) is 2.47. The summed E-state index contributed by atoms with van der Waals surface area (Å²) in [5.41, 5.74) is 7.08. The molecule has 1 unspecified atom stereocenters. The van der Waals surface area contributed by atoms with Crippen molar-refractivity contribution in [2.45, 2.75) is 42.9 Å². The fraction of sp³-hybridized carbons (Fsp3) is 0.600. The average molecular weight is 279 g/mol. The molecule has 1 aliphatic carbocycles. The molecule has 2 aliphatic rings. The van der Waals surface area contributed by atoms with Crippen molar-refractivity contribution < 1.29 is 8.42 Å². The van der Waals surface area contributed by atoms with Gasteiger partial charge in [-0.05, 0) is 36.4 Å². The van der Waals surface area contributed by atoms with Gasteiger partial charge in [0.05, 0.1) is 10.6 Å². The van der Waals surface area contributed by atoms with Gasteiger partial charge in [0.2, 0.25) is 0 Å². The van der Waals surface area contributed by atoms with Crippen molar-refractivity contribution in [1.82, 2.24) is 0 Å². The van der Waals surface area contributed by atoms with Crippen molar-refractivity contribution >= 4 is 9.84 Å². The van der Waals surface area contributed by atoms with E-state index in [0.29, 0.717) is 11.4 Å². The normalized spacial score (nSPS) is 27.9. The summed E-state index contributed by atoms with van der Waals surface area (Å²) < 4.78 is 24.6. The van der Waals surface area contributed by atoms with Crippen LogP contribution in [-0.4, -0.2) is 20.7 Å². The molecule has 1 atom stereocenters. The van der Waals surface area contributed by atoms with Crippen LogP contribution in [0.3, 0.4) is 0 Å². The summed E-state index contributed by atoms with van der Waals surface area (Å²) in [4.78, 5) is 0.540. The summed E-state index contributed by atoms with van der Waals surface area (Å²) >= 11 is 0. The molecule has 0 bridgehead atoms. The van der Waals surface area contributed by atoms with E-state index in [4.69, 9.17) is 5.73 Å². The Kier molecular flexibility index (Phi) is 3.18. The van der Waals surface area contributed by atoms with E-state index < -0.39 is 9.84 Å². The highest BCUT2D eigenvalue weighted by molar-refractivity contribution is 7.91. The van der Waals surface area contributed by atoms with E-state index in [2.05, 4.69) is 0 Å². The zero-order valence-corrected chi connectivity index (χ0v) is 12.0. The van der Waals surface area contributed by atoms with Crippen molar-refractivity contribution in [3.05, 3.63) is 29.8 Å². The topological polar surface area (TPSA) is 60.2 Å². The zero-order chi connectivity index (χ0) is 13.5. The number of sulfone groups is 1. The van der Waals surface area contributed by atoms with Crippen LogP contribution in [0.1, 0.15) is 43.6 Å². The Morgan fingerprint density at radius 3 is 2.53 bits per heavy atom. The van der Waals surface area contributed by atoms with Gasteiger partial charge in [-0.2, -0.15) is 0 Å². The van der Waals surface area contributed by atoms with Gasteiger partial charge in [-0.25, -0.2) is 8.42 Å². The molecule has 1 saturated carbocycles. The van der Waals surface area contributed by atoms with E-state index in [9.17, 15) is 8.42 Å². The Labute approximate surface area is 115 Å². The van der Waals surface area contributed by atoms with Crippen molar-refractivity contribution in [3.8, 4) is 0 Å². The monoisotopic (exact) mass is 279 g/mol. The second kappa shape index (κ2) is 4.60. The zero-order valence-electron chi connectivity index (χ0n) is 11.1. The van der Waals surface area contributed by atoms with E-state index in [1.54, 1.807) is 6.07 Å². The minimum atomic E-state index is -3.11. The molecule has 1 aliphatic heterocycles. The highest BCUT2D eigenvalue weighted by atomic mass is 32.2. The molecule has 3 nitrogen and oxygen atoms in total. The maximum atomic E-state index is 12.3. The number of nitrogens with two attached hydrogens (primary N) is 1. The lowest BCUT2D eigenvalue weighted by molar-refractivity contribution is 0.163. The van der Waals surface area contributed by atoms with Crippen molar-refractivity contribution in [3.63, 3.8) is 0 Å². The quantitative estimate of drug-likeness (QED) is 0.904. The number of hydrogen-bond acceptors (Lipinski definition) is 3. The molecule has 1 heterocycles. The van der Waals surface area contributed by atoms with Crippen LogP contribution >= 0.6 is 0 Å². The van der Waals surface area contributed by atoms with E-state index in [1.165, 1.54) is 19.3 Å². The van der Waals surface area contributed by atoms with Crippen LogP contribution in [0.5, 0.6) is 0 Å². The Balaban J connectivity index is 2.07. The molecule has 3 rings (SSSR count). The van der Waals surface area contributed by atoms with Gasteiger partial charge >= 0.3 is 0 Å². The first-order valence-corrected chi connectivity index (χ1v) is 8.76. The highest BCUT2D eigenvalue weighted by Gasteiger charge is 2.47. The van der Waals surface area contributed by atoms with Crippen molar-refractivity contribution in [2.75, 3.05) is 12.3 Å². The number of rotatable bonds is 2. The van der Waals surface area contributed by atoms with Crippen molar-refractivity contribution in [2.24, 2.45) is 11.1 Å². The van der Waals surface area contributed by atoms with Gasteiger partial charge in [-0.3, -0.25) is 0 Å². The smallest absolute Gasteiger partial charge is 0.179 e. The first-order chi connectivity index (χ1) is 9.09.